The number of nitrogens with zero attached hydrogens (tertiary/aromatic N) is 2. The van der Waals surface area contributed by atoms with Gasteiger partial charge in [-0.15, -0.1) is 0 Å². The maximum absolute atomic E-state index is 13.7. The number of aromatic hydroxyl groups is 1. The smallest absolute Gasteiger partial charge is 0.125 e. The van der Waals surface area contributed by atoms with Crippen molar-refractivity contribution < 1.29 is 14.2 Å². The van der Waals surface area contributed by atoms with Gasteiger partial charge in [-0.25, -0.2) is 4.39 Å². The van der Waals surface area contributed by atoms with Gasteiger partial charge in [0.15, 0.2) is 0 Å². The molecule has 1 saturated heterocycles. The predicted octanol–water partition coefficient (Wildman–Crippen LogP) is 5.80. The van der Waals surface area contributed by atoms with Crippen LogP contribution in [0.4, 0.5) is 4.39 Å². The summed E-state index contributed by atoms with van der Waals surface area (Å²) in [6.07, 6.45) is 3.72. The molecule has 0 aliphatic carbocycles. The van der Waals surface area contributed by atoms with E-state index in [2.05, 4.69) is 30.0 Å². The molecular weight excluding hydrogens is 422 g/mol. The van der Waals surface area contributed by atoms with Crippen molar-refractivity contribution in [1.29, 1.82) is 0 Å². The first kappa shape index (κ1) is 21.1. The maximum atomic E-state index is 13.7. The second-order valence-electron chi connectivity index (χ2n) is 8.43. The minimum atomic E-state index is -0.289. The normalized spacial score (nSPS) is 15.0. The lowest BCUT2D eigenvalue weighted by Gasteiger charge is -2.25. The van der Waals surface area contributed by atoms with E-state index >= 15 is 0 Å². The number of pyridine rings is 1. The molecule has 0 atom stereocenters. The molecule has 1 N–H and O–H groups in total. The fraction of sp³-hybridized carbons (Fsp3) is 0.269. The van der Waals surface area contributed by atoms with E-state index in [0.29, 0.717) is 13.2 Å². The van der Waals surface area contributed by atoms with Gasteiger partial charge in [-0.1, -0.05) is 20.1 Å². The Kier molecular flexibility index (Phi) is 5.71. The molecule has 4 aromatic rings. The van der Waals surface area contributed by atoms with Gasteiger partial charge in [0.05, 0.1) is 16.3 Å². The summed E-state index contributed by atoms with van der Waals surface area (Å²) in [6.45, 7) is 5.79. The van der Waals surface area contributed by atoms with E-state index in [1.807, 2.05) is 18.3 Å². The third-order valence-electron chi connectivity index (χ3n) is 6.20. The first-order chi connectivity index (χ1) is 15.5. The van der Waals surface area contributed by atoms with Gasteiger partial charge in [0.2, 0.25) is 0 Å². The second kappa shape index (κ2) is 8.65. The van der Waals surface area contributed by atoms with Crippen LogP contribution in [0.5, 0.6) is 5.75 Å². The predicted molar refractivity (Wildman–Crippen MR) is 129 cm³/mol. The largest absolute Gasteiger partial charge is 0.507 e. The molecule has 6 heteroatoms. The Bertz CT molecular complexity index is 1240. The lowest BCUT2D eigenvalue weighted by atomic mass is 9.90. The average molecular weight is 448 g/mol. The van der Waals surface area contributed by atoms with Crippen LogP contribution in [0.25, 0.3) is 27.7 Å². The zero-order valence-electron chi connectivity index (χ0n) is 18.3. The molecule has 1 fully saturated rings. The van der Waals surface area contributed by atoms with Gasteiger partial charge >= 0.3 is 0 Å². The minimum absolute atomic E-state index is 0.240. The van der Waals surface area contributed by atoms with E-state index in [9.17, 15) is 9.50 Å². The van der Waals surface area contributed by atoms with Crippen molar-refractivity contribution in [2.75, 3.05) is 26.5 Å². The van der Waals surface area contributed by atoms with Crippen molar-refractivity contribution in [3.63, 3.8) is 0 Å². The molecule has 4 nitrogen and oxygen atoms in total. The number of halogens is 1. The van der Waals surface area contributed by atoms with Crippen LogP contribution < -0.4 is 5.44 Å². The molecule has 2 aromatic heterocycles. The van der Waals surface area contributed by atoms with Gasteiger partial charge in [0, 0.05) is 47.8 Å². The van der Waals surface area contributed by atoms with Crippen molar-refractivity contribution in [3.8, 4) is 22.6 Å². The van der Waals surface area contributed by atoms with E-state index in [1.54, 1.807) is 18.2 Å². The van der Waals surface area contributed by atoms with Crippen LogP contribution in [0.2, 0.25) is 0 Å². The van der Waals surface area contributed by atoms with Gasteiger partial charge in [-0.3, -0.25) is 4.98 Å². The Balaban J connectivity index is 1.84. The zero-order chi connectivity index (χ0) is 22.2. The van der Waals surface area contributed by atoms with Crippen LogP contribution in [0.15, 0.2) is 60.8 Å². The van der Waals surface area contributed by atoms with Gasteiger partial charge in [0.25, 0.3) is 0 Å². The number of phenolic OH excluding ortho intramolecular Hbond substituents is 1. The van der Waals surface area contributed by atoms with Gasteiger partial charge < -0.3 is 14.4 Å². The van der Waals surface area contributed by atoms with E-state index in [1.165, 1.54) is 12.1 Å². The molecule has 0 spiro atoms. The van der Waals surface area contributed by atoms with Crippen LogP contribution >= 0.6 is 7.92 Å². The molecule has 0 radical (unpaired) electrons. The summed E-state index contributed by atoms with van der Waals surface area (Å²) in [5, 5.41) is 11.8. The Morgan fingerprint density at radius 1 is 1.03 bits per heavy atom. The quantitative estimate of drug-likeness (QED) is 0.402. The SMILES string of the molecule is CP(C)c1ccc(-c2c(C3CCOCC3)n(-c3ccc(F)cc3)c3cccc(O)c23)cn1. The Morgan fingerprint density at radius 3 is 2.44 bits per heavy atom. The Morgan fingerprint density at radius 2 is 1.78 bits per heavy atom. The third kappa shape index (κ3) is 3.70. The number of benzene rings is 2. The molecule has 0 amide bonds. The minimum Gasteiger partial charge on any atom is -0.507 e. The van der Waals surface area contributed by atoms with Crippen molar-refractivity contribution in [1.82, 2.24) is 9.55 Å². The summed E-state index contributed by atoms with van der Waals surface area (Å²) in [5.74, 6) is 0.227. The number of phenols is 1. The Hall–Kier alpha value is -2.75. The monoisotopic (exact) mass is 448 g/mol. The van der Waals surface area contributed by atoms with Crippen molar-refractivity contribution in [2.24, 2.45) is 0 Å². The maximum Gasteiger partial charge on any atom is 0.125 e. The number of rotatable bonds is 4. The number of ether oxygens (including phenoxy) is 1. The lowest BCUT2D eigenvalue weighted by molar-refractivity contribution is 0.0843. The average Bonchev–Trinajstić information content (AvgIpc) is 3.17. The van der Waals surface area contributed by atoms with Crippen molar-refractivity contribution >= 4 is 24.3 Å². The highest BCUT2D eigenvalue weighted by Gasteiger charge is 2.29. The van der Waals surface area contributed by atoms with E-state index < -0.39 is 0 Å². The molecule has 2 aromatic carbocycles. The third-order valence-corrected chi connectivity index (χ3v) is 7.38. The highest BCUT2D eigenvalue weighted by Crippen LogP contribution is 2.46. The topological polar surface area (TPSA) is 47.3 Å². The molecule has 32 heavy (non-hydrogen) atoms. The number of hydrogen-bond donors (Lipinski definition) is 1. The summed E-state index contributed by atoms with van der Waals surface area (Å²) in [6, 6.07) is 16.4. The van der Waals surface area contributed by atoms with Crippen molar-refractivity contribution in [2.45, 2.75) is 18.8 Å². The molecule has 0 unspecified atom stereocenters. The molecule has 1 aliphatic heterocycles. The number of hydrogen-bond acceptors (Lipinski definition) is 3. The molecule has 164 valence electrons. The highest BCUT2D eigenvalue weighted by molar-refractivity contribution is 7.63. The summed E-state index contributed by atoms with van der Waals surface area (Å²) in [5.41, 5.74) is 6.00. The molecule has 0 bridgehead atoms. The zero-order valence-corrected chi connectivity index (χ0v) is 19.1. The molecular formula is C26H26FN2O2P. The molecule has 1 aliphatic rings. The first-order valence-corrected chi connectivity index (χ1v) is 13.1. The summed E-state index contributed by atoms with van der Waals surface area (Å²) >= 11 is 0. The van der Waals surface area contributed by atoms with Crippen LogP contribution in [0.3, 0.4) is 0 Å². The molecule has 5 rings (SSSR count). The standard InChI is InChI=1S/C26H26FN2O2P/c1-32(2)23-11-6-18(16-28-23)24-25-21(4-3-5-22(25)30)29(20-9-7-19(27)8-10-20)26(24)17-12-14-31-15-13-17/h3-11,16-17,30H,12-15H2,1-2H3. The van der Waals surface area contributed by atoms with E-state index in [0.717, 1.165) is 51.7 Å². The highest BCUT2D eigenvalue weighted by atomic mass is 31.1. The van der Waals surface area contributed by atoms with Gasteiger partial charge in [-0.05, 0) is 68.6 Å². The fourth-order valence-electron chi connectivity index (χ4n) is 4.66. The van der Waals surface area contributed by atoms with E-state index in [4.69, 9.17) is 9.72 Å². The number of aromatic nitrogens is 2. The number of fused-ring (bicyclic) bond motifs is 1. The van der Waals surface area contributed by atoms with E-state index in [-0.39, 0.29) is 25.4 Å². The first-order valence-electron chi connectivity index (χ1n) is 10.9. The van der Waals surface area contributed by atoms with Gasteiger partial charge in [-0.2, -0.15) is 0 Å². The summed E-state index contributed by atoms with van der Waals surface area (Å²) in [7, 11) is -0.289. The Labute approximate surface area is 188 Å². The van der Waals surface area contributed by atoms with Crippen LogP contribution in [0.1, 0.15) is 24.5 Å². The van der Waals surface area contributed by atoms with Crippen LogP contribution in [-0.2, 0) is 4.74 Å². The summed E-state index contributed by atoms with van der Waals surface area (Å²) in [4.78, 5) is 4.73. The molecule has 0 saturated carbocycles. The van der Waals surface area contributed by atoms with Crippen molar-refractivity contribution in [3.05, 3.63) is 72.3 Å². The molecule has 3 heterocycles. The van der Waals surface area contributed by atoms with Gasteiger partial charge in [0.1, 0.15) is 11.6 Å². The lowest BCUT2D eigenvalue weighted by Crippen LogP contribution is -2.17. The fourth-order valence-corrected chi connectivity index (χ4v) is 5.32. The second-order valence-corrected chi connectivity index (χ2v) is 10.7. The van der Waals surface area contributed by atoms with Crippen LogP contribution in [-0.4, -0.2) is 41.2 Å². The van der Waals surface area contributed by atoms with Crippen LogP contribution in [0, 0.1) is 5.82 Å². The summed E-state index contributed by atoms with van der Waals surface area (Å²) < 4.78 is 21.6.